The van der Waals surface area contributed by atoms with Gasteiger partial charge in [0.1, 0.15) is 12.1 Å². The highest BCUT2D eigenvalue weighted by atomic mass is 79.9. The molecule has 0 saturated carbocycles. The standard InChI is InChI=1S/C22H22Br2N2O4S/c1-14-3-5-18-16(11-21(27)30-22(18)15(14)2)13-25-7-9-26(10-8-25)31(28,29)20-12-17(23)4-6-19(20)24/h3-6,11-12H,7-10,13H2,1-2H3/p+1. The minimum atomic E-state index is -3.59. The second-order valence-electron chi connectivity index (χ2n) is 7.88. The lowest BCUT2D eigenvalue weighted by molar-refractivity contribution is -0.917. The third-order valence-corrected chi connectivity index (χ3v) is 9.28. The number of halogens is 2. The van der Waals surface area contributed by atoms with Crippen LogP contribution < -0.4 is 10.5 Å². The third-order valence-electron chi connectivity index (χ3n) is 5.90. The van der Waals surface area contributed by atoms with Gasteiger partial charge in [-0.1, -0.05) is 28.1 Å². The van der Waals surface area contributed by atoms with E-state index in [4.69, 9.17) is 4.42 Å². The van der Waals surface area contributed by atoms with Gasteiger partial charge in [-0.25, -0.2) is 13.2 Å². The van der Waals surface area contributed by atoms with Crippen molar-refractivity contribution in [1.82, 2.24) is 4.31 Å². The van der Waals surface area contributed by atoms with E-state index in [-0.39, 0.29) is 10.5 Å². The SMILES string of the molecule is Cc1ccc2c(C[NH+]3CCN(S(=O)(=O)c4cc(Br)ccc4Br)CC3)cc(=O)oc2c1C. The molecule has 3 aromatic rings. The summed E-state index contributed by atoms with van der Waals surface area (Å²) in [6.45, 7) is 6.78. The molecule has 0 spiro atoms. The molecule has 0 bridgehead atoms. The number of rotatable bonds is 4. The number of quaternary nitrogens is 1. The number of fused-ring (bicyclic) bond motifs is 1. The van der Waals surface area contributed by atoms with Gasteiger partial charge in [-0.2, -0.15) is 4.31 Å². The van der Waals surface area contributed by atoms with Crippen molar-refractivity contribution in [3.63, 3.8) is 0 Å². The van der Waals surface area contributed by atoms with Crippen molar-refractivity contribution >= 4 is 52.9 Å². The van der Waals surface area contributed by atoms with E-state index in [2.05, 4.69) is 31.9 Å². The molecule has 1 saturated heterocycles. The van der Waals surface area contributed by atoms with Crippen molar-refractivity contribution < 1.29 is 17.7 Å². The van der Waals surface area contributed by atoms with Crippen molar-refractivity contribution in [3.05, 3.63) is 72.5 Å². The fourth-order valence-electron chi connectivity index (χ4n) is 3.97. The number of sulfonamides is 1. The largest absolute Gasteiger partial charge is 0.422 e. The zero-order valence-corrected chi connectivity index (χ0v) is 21.2. The zero-order chi connectivity index (χ0) is 22.3. The van der Waals surface area contributed by atoms with Crippen LogP contribution >= 0.6 is 31.9 Å². The normalized spacial score (nSPS) is 16.1. The first-order valence-corrected chi connectivity index (χ1v) is 13.0. The van der Waals surface area contributed by atoms with E-state index in [0.29, 0.717) is 42.8 Å². The molecule has 9 heteroatoms. The molecule has 4 rings (SSSR count). The number of hydrogen-bond acceptors (Lipinski definition) is 4. The Morgan fingerprint density at radius 3 is 2.48 bits per heavy atom. The third kappa shape index (κ3) is 4.52. The van der Waals surface area contributed by atoms with Crippen LogP contribution in [-0.4, -0.2) is 38.9 Å². The monoisotopic (exact) mass is 569 g/mol. The molecule has 6 nitrogen and oxygen atoms in total. The molecule has 0 unspecified atom stereocenters. The van der Waals surface area contributed by atoms with Gasteiger partial charge in [0.25, 0.3) is 0 Å². The van der Waals surface area contributed by atoms with Crippen LogP contribution in [0.1, 0.15) is 16.7 Å². The smallest absolute Gasteiger partial charge is 0.336 e. The van der Waals surface area contributed by atoms with Crippen LogP contribution in [0, 0.1) is 13.8 Å². The Hall–Kier alpha value is -1.52. The summed E-state index contributed by atoms with van der Waals surface area (Å²) in [6, 6.07) is 10.8. The number of nitrogens with one attached hydrogen (secondary N) is 1. The number of benzene rings is 2. The highest BCUT2D eigenvalue weighted by Crippen LogP contribution is 2.28. The molecule has 0 aliphatic carbocycles. The van der Waals surface area contributed by atoms with Gasteiger partial charge in [0.05, 0.1) is 31.1 Å². The molecule has 1 N–H and O–H groups in total. The molecule has 1 fully saturated rings. The van der Waals surface area contributed by atoms with E-state index < -0.39 is 10.0 Å². The van der Waals surface area contributed by atoms with Crippen molar-refractivity contribution in [2.24, 2.45) is 0 Å². The van der Waals surface area contributed by atoms with E-state index in [1.807, 2.05) is 26.0 Å². The summed E-state index contributed by atoms with van der Waals surface area (Å²) in [5.41, 5.74) is 3.29. The molecule has 1 aliphatic rings. The van der Waals surface area contributed by atoms with Crippen molar-refractivity contribution in [2.45, 2.75) is 25.3 Å². The van der Waals surface area contributed by atoms with Crippen molar-refractivity contribution in [2.75, 3.05) is 26.2 Å². The van der Waals surface area contributed by atoms with E-state index in [9.17, 15) is 13.2 Å². The van der Waals surface area contributed by atoms with Gasteiger partial charge in [0.15, 0.2) is 0 Å². The highest BCUT2D eigenvalue weighted by Gasteiger charge is 2.32. The fourth-order valence-corrected chi connectivity index (χ4v) is 6.88. The summed E-state index contributed by atoms with van der Waals surface area (Å²) in [5.74, 6) is 0. The molecule has 164 valence electrons. The molecule has 2 aromatic carbocycles. The fraction of sp³-hybridized carbons (Fsp3) is 0.318. The number of nitrogens with zero attached hydrogens (tertiary/aromatic N) is 1. The average molecular weight is 571 g/mol. The maximum absolute atomic E-state index is 13.1. The summed E-state index contributed by atoms with van der Waals surface area (Å²) in [5, 5.41) is 0.948. The van der Waals surface area contributed by atoms with Gasteiger partial charge >= 0.3 is 5.63 Å². The van der Waals surface area contributed by atoms with Crippen LogP contribution in [0.3, 0.4) is 0 Å². The van der Waals surface area contributed by atoms with Crippen LogP contribution in [0.25, 0.3) is 11.0 Å². The van der Waals surface area contributed by atoms with Crippen molar-refractivity contribution in [3.8, 4) is 0 Å². The molecule has 0 amide bonds. The Morgan fingerprint density at radius 1 is 1.06 bits per heavy atom. The van der Waals surface area contributed by atoms with Gasteiger partial charge < -0.3 is 9.32 Å². The Balaban J connectivity index is 1.53. The summed E-state index contributed by atoms with van der Waals surface area (Å²) < 4.78 is 34.5. The minimum Gasteiger partial charge on any atom is -0.422 e. The molecule has 1 aliphatic heterocycles. The Bertz CT molecular complexity index is 1310. The van der Waals surface area contributed by atoms with Gasteiger partial charge in [0.2, 0.25) is 10.0 Å². The molecule has 1 aromatic heterocycles. The van der Waals surface area contributed by atoms with Crippen LogP contribution in [-0.2, 0) is 16.6 Å². The summed E-state index contributed by atoms with van der Waals surface area (Å²) >= 11 is 6.71. The molecule has 2 heterocycles. The van der Waals surface area contributed by atoms with Gasteiger partial charge in [-0.15, -0.1) is 0 Å². The van der Waals surface area contributed by atoms with Gasteiger partial charge in [-0.3, -0.25) is 0 Å². The number of aryl methyl sites for hydroxylation is 2. The predicted octanol–water partition coefficient (Wildman–Crippen LogP) is 3.02. The lowest BCUT2D eigenvalue weighted by Crippen LogP contribution is -3.13. The number of piperazine rings is 1. The second-order valence-corrected chi connectivity index (χ2v) is 11.6. The molecule has 0 atom stereocenters. The van der Waals surface area contributed by atoms with E-state index in [1.165, 1.54) is 9.21 Å². The van der Waals surface area contributed by atoms with Gasteiger partial charge in [-0.05, 0) is 59.1 Å². The molecule has 0 radical (unpaired) electrons. The Labute approximate surface area is 198 Å². The first-order valence-electron chi connectivity index (χ1n) is 9.98. The maximum atomic E-state index is 13.1. The molecular formula is C22H23Br2N2O4S+. The number of hydrogen-bond donors (Lipinski definition) is 1. The average Bonchev–Trinajstić information content (AvgIpc) is 2.73. The maximum Gasteiger partial charge on any atom is 0.336 e. The second kappa shape index (κ2) is 8.78. The highest BCUT2D eigenvalue weighted by molar-refractivity contribution is 9.11. The van der Waals surface area contributed by atoms with Crippen molar-refractivity contribution in [1.29, 1.82) is 0 Å². The first kappa shape index (κ1) is 22.7. The van der Waals surface area contributed by atoms with E-state index >= 15 is 0 Å². The molecule has 31 heavy (non-hydrogen) atoms. The van der Waals surface area contributed by atoms with Gasteiger partial charge in [0, 0.05) is 26.0 Å². The lowest BCUT2D eigenvalue weighted by Gasteiger charge is -2.32. The van der Waals surface area contributed by atoms with Crippen LogP contribution in [0.2, 0.25) is 0 Å². The predicted molar refractivity (Wildman–Crippen MR) is 127 cm³/mol. The van der Waals surface area contributed by atoms with Crippen LogP contribution in [0.4, 0.5) is 0 Å². The first-order chi connectivity index (χ1) is 14.7. The summed E-state index contributed by atoms with van der Waals surface area (Å²) in [7, 11) is -3.59. The lowest BCUT2D eigenvalue weighted by atomic mass is 10.0. The summed E-state index contributed by atoms with van der Waals surface area (Å²) in [6.07, 6.45) is 0. The van der Waals surface area contributed by atoms with Crippen LogP contribution in [0.15, 0.2) is 59.5 Å². The Morgan fingerprint density at radius 2 is 1.77 bits per heavy atom. The molecular weight excluding hydrogens is 548 g/mol. The topological polar surface area (TPSA) is 72.0 Å². The zero-order valence-electron chi connectivity index (χ0n) is 17.2. The van der Waals surface area contributed by atoms with E-state index in [0.717, 1.165) is 26.5 Å². The van der Waals surface area contributed by atoms with E-state index in [1.54, 1.807) is 24.3 Å². The summed E-state index contributed by atoms with van der Waals surface area (Å²) in [4.78, 5) is 13.6. The Kier molecular flexibility index (Phi) is 6.42. The quantitative estimate of drug-likeness (QED) is 0.490. The van der Waals surface area contributed by atoms with Crippen LogP contribution in [0.5, 0.6) is 0 Å². The minimum absolute atomic E-state index is 0.267.